The van der Waals surface area contributed by atoms with E-state index < -0.39 is 11.7 Å². The number of esters is 1. The van der Waals surface area contributed by atoms with Crippen molar-refractivity contribution in [1.29, 1.82) is 0 Å². The number of rotatable bonds is 3. The van der Waals surface area contributed by atoms with Crippen LogP contribution in [0.4, 0.5) is 4.79 Å². The standard InChI is InChI=1S/C14H25NO4S/c1-14(2,3)19-13(17)15-11-6-8-20-7-5-10(11)9-12(16)18-4/h10-11H,5-9H2,1-4H3,(H,15,17)/t10-,11-/m1/s1. The lowest BCUT2D eigenvalue weighted by atomic mass is 9.92. The van der Waals surface area contributed by atoms with Crippen molar-refractivity contribution >= 4 is 23.8 Å². The van der Waals surface area contributed by atoms with Crippen LogP contribution in [-0.4, -0.2) is 42.3 Å². The zero-order valence-electron chi connectivity index (χ0n) is 12.7. The Kier molecular flexibility index (Phi) is 6.65. The van der Waals surface area contributed by atoms with Crippen molar-refractivity contribution in [2.75, 3.05) is 18.6 Å². The van der Waals surface area contributed by atoms with Crippen LogP contribution in [0.3, 0.4) is 0 Å². The lowest BCUT2D eigenvalue weighted by molar-refractivity contribution is -0.142. The molecule has 116 valence electrons. The van der Waals surface area contributed by atoms with Crippen molar-refractivity contribution < 1.29 is 19.1 Å². The number of carbonyl (C=O) groups excluding carboxylic acids is 2. The number of carbonyl (C=O) groups is 2. The molecule has 0 aromatic carbocycles. The molecule has 0 aromatic heterocycles. The van der Waals surface area contributed by atoms with E-state index in [1.165, 1.54) is 7.11 Å². The number of methoxy groups -OCH3 is 1. The van der Waals surface area contributed by atoms with E-state index in [9.17, 15) is 9.59 Å². The Morgan fingerprint density at radius 2 is 1.90 bits per heavy atom. The van der Waals surface area contributed by atoms with Crippen LogP contribution in [0.2, 0.25) is 0 Å². The van der Waals surface area contributed by atoms with Crippen molar-refractivity contribution in [2.45, 2.75) is 51.7 Å². The fraction of sp³-hybridized carbons (Fsp3) is 0.857. The predicted molar refractivity (Wildman–Crippen MR) is 79.8 cm³/mol. The highest BCUT2D eigenvalue weighted by Gasteiger charge is 2.29. The van der Waals surface area contributed by atoms with Crippen LogP contribution in [0.5, 0.6) is 0 Å². The van der Waals surface area contributed by atoms with Crippen molar-refractivity contribution in [3.05, 3.63) is 0 Å². The fourth-order valence-corrected chi connectivity index (χ4v) is 3.27. The van der Waals surface area contributed by atoms with E-state index in [-0.39, 0.29) is 17.9 Å². The molecule has 1 N–H and O–H groups in total. The van der Waals surface area contributed by atoms with Crippen LogP contribution < -0.4 is 5.32 Å². The molecule has 0 spiro atoms. The second-order valence-electron chi connectivity index (χ2n) is 5.98. The van der Waals surface area contributed by atoms with E-state index in [4.69, 9.17) is 9.47 Å². The first-order valence-corrected chi connectivity index (χ1v) is 8.11. The molecule has 1 fully saturated rings. The summed E-state index contributed by atoms with van der Waals surface area (Å²) < 4.78 is 10.0. The quantitative estimate of drug-likeness (QED) is 0.812. The maximum atomic E-state index is 11.9. The summed E-state index contributed by atoms with van der Waals surface area (Å²) in [4.78, 5) is 23.4. The average molecular weight is 303 g/mol. The normalized spacial score (nSPS) is 23.6. The van der Waals surface area contributed by atoms with Gasteiger partial charge in [-0.05, 0) is 51.0 Å². The Hall–Kier alpha value is -0.910. The number of thioether (sulfide) groups is 1. The SMILES string of the molecule is COC(=O)C[C@H]1CCSCC[C@H]1NC(=O)OC(C)(C)C. The molecule has 1 amide bonds. The molecule has 0 radical (unpaired) electrons. The lowest BCUT2D eigenvalue weighted by Gasteiger charge is -2.27. The van der Waals surface area contributed by atoms with Crippen molar-refractivity contribution in [1.82, 2.24) is 5.32 Å². The van der Waals surface area contributed by atoms with Crippen LogP contribution in [0.1, 0.15) is 40.0 Å². The zero-order chi connectivity index (χ0) is 15.2. The molecule has 0 aromatic rings. The monoisotopic (exact) mass is 303 g/mol. The van der Waals surface area contributed by atoms with Crippen LogP contribution in [0.15, 0.2) is 0 Å². The summed E-state index contributed by atoms with van der Waals surface area (Å²) in [6.07, 6.45) is 1.69. The Morgan fingerprint density at radius 1 is 1.25 bits per heavy atom. The summed E-state index contributed by atoms with van der Waals surface area (Å²) >= 11 is 1.85. The summed E-state index contributed by atoms with van der Waals surface area (Å²) in [5, 5.41) is 2.91. The van der Waals surface area contributed by atoms with Crippen LogP contribution in [-0.2, 0) is 14.3 Å². The Bertz CT molecular complexity index is 341. The van der Waals surface area contributed by atoms with E-state index in [2.05, 4.69) is 5.32 Å². The third-order valence-electron chi connectivity index (χ3n) is 3.13. The van der Waals surface area contributed by atoms with Gasteiger partial charge in [0.25, 0.3) is 0 Å². The molecule has 1 saturated heterocycles. The fourth-order valence-electron chi connectivity index (χ4n) is 2.17. The van der Waals surface area contributed by atoms with E-state index >= 15 is 0 Å². The molecule has 0 saturated carbocycles. The maximum Gasteiger partial charge on any atom is 0.407 e. The largest absolute Gasteiger partial charge is 0.469 e. The van der Waals surface area contributed by atoms with Gasteiger partial charge in [-0.3, -0.25) is 4.79 Å². The minimum Gasteiger partial charge on any atom is -0.469 e. The summed E-state index contributed by atoms with van der Waals surface area (Å²) in [6.45, 7) is 5.50. The van der Waals surface area contributed by atoms with Gasteiger partial charge in [0.05, 0.1) is 13.5 Å². The first-order valence-electron chi connectivity index (χ1n) is 6.96. The zero-order valence-corrected chi connectivity index (χ0v) is 13.5. The summed E-state index contributed by atoms with van der Waals surface area (Å²) in [6, 6.07) is -0.0288. The van der Waals surface area contributed by atoms with Crippen molar-refractivity contribution in [2.24, 2.45) is 5.92 Å². The van der Waals surface area contributed by atoms with Crippen LogP contribution in [0.25, 0.3) is 0 Å². The van der Waals surface area contributed by atoms with Crippen LogP contribution in [0, 0.1) is 5.92 Å². The molecule has 0 bridgehead atoms. The summed E-state index contributed by atoms with van der Waals surface area (Å²) in [5.74, 6) is 1.88. The van der Waals surface area contributed by atoms with Gasteiger partial charge >= 0.3 is 12.1 Å². The molecular formula is C14H25NO4S. The highest BCUT2D eigenvalue weighted by Crippen LogP contribution is 2.26. The van der Waals surface area contributed by atoms with Gasteiger partial charge in [0, 0.05) is 6.04 Å². The molecule has 1 aliphatic heterocycles. The smallest absolute Gasteiger partial charge is 0.407 e. The average Bonchev–Trinajstić information content (AvgIpc) is 2.53. The minimum absolute atomic E-state index is 0.0288. The molecule has 1 aliphatic rings. The number of amides is 1. The third-order valence-corrected chi connectivity index (χ3v) is 4.18. The van der Waals surface area contributed by atoms with Gasteiger partial charge in [-0.1, -0.05) is 0 Å². The third kappa shape index (κ3) is 6.50. The molecule has 1 rings (SSSR count). The molecule has 20 heavy (non-hydrogen) atoms. The van der Waals surface area contributed by atoms with Gasteiger partial charge < -0.3 is 14.8 Å². The van der Waals surface area contributed by atoms with Gasteiger partial charge in [-0.15, -0.1) is 0 Å². The molecule has 1 heterocycles. The second-order valence-corrected chi connectivity index (χ2v) is 7.21. The summed E-state index contributed by atoms with van der Waals surface area (Å²) in [7, 11) is 1.39. The molecule has 2 atom stereocenters. The highest BCUT2D eigenvalue weighted by atomic mass is 32.2. The Labute approximate surface area is 125 Å². The molecular weight excluding hydrogens is 278 g/mol. The highest BCUT2D eigenvalue weighted by molar-refractivity contribution is 7.99. The van der Waals surface area contributed by atoms with E-state index in [1.54, 1.807) is 0 Å². The van der Waals surface area contributed by atoms with Crippen molar-refractivity contribution in [3.63, 3.8) is 0 Å². The number of alkyl carbamates (subject to hydrolysis) is 1. The van der Waals surface area contributed by atoms with Gasteiger partial charge in [0.1, 0.15) is 5.60 Å². The molecule has 0 unspecified atom stereocenters. The summed E-state index contributed by atoms with van der Waals surface area (Å²) in [5.41, 5.74) is -0.512. The first-order chi connectivity index (χ1) is 9.31. The molecule has 6 heteroatoms. The van der Waals surface area contributed by atoms with E-state index in [1.807, 2.05) is 32.5 Å². The first kappa shape index (κ1) is 17.1. The number of hydrogen-bond donors (Lipinski definition) is 1. The van der Waals surface area contributed by atoms with Gasteiger partial charge in [-0.2, -0.15) is 11.8 Å². The second kappa shape index (κ2) is 7.76. The Morgan fingerprint density at radius 3 is 2.50 bits per heavy atom. The van der Waals surface area contributed by atoms with E-state index in [0.717, 1.165) is 24.3 Å². The van der Waals surface area contributed by atoms with Gasteiger partial charge in [0.2, 0.25) is 0 Å². The number of hydrogen-bond acceptors (Lipinski definition) is 5. The lowest BCUT2D eigenvalue weighted by Crippen LogP contribution is -2.43. The molecule has 0 aliphatic carbocycles. The van der Waals surface area contributed by atoms with Crippen LogP contribution >= 0.6 is 11.8 Å². The minimum atomic E-state index is -0.512. The molecule has 5 nitrogen and oxygen atoms in total. The van der Waals surface area contributed by atoms with E-state index in [0.29, 0.717) is 6.42 Å². The topological polar surface area (TPSA) is 64.6 Å². The van der Waals surface area contributed by atoms with Gasteiger partial charge in [-0.25, -0.2) is 4.79 Å². The number of ether oxygens (including phenoxy) is 2. The Balaban J connectivity index is 2.61. The van der Waals surface area contributed by atoms with Gasteiger partial charge in [0.15, 0.2) is 0 Å². The maximum absolute atomic E-state index is 11.9. The number of nitrogens with one attached hydrogen (secondary N) is 1. The van der Waals surface area contributed by atoms with Crippen molar-refractivity contribution in [3.8, 4) is 0 Å². The predicted octanol–water partition coefficient (Wildman–Crippen LogP) is 2.59.